The molecule has 3 nitrogen and oxygen atoms in total. The Morgan fingerprint density at radius 3 is 2.50 bits per heavy atom. The van der Waals surface area contributed by atoms with Crippen molar-refractivity contribution in [2.24, 2.45) is 0 Å². The average molecular weight is 194 g/mol. The number of aliphatic carboxylic acids is 1. The number of carbonyl (C=O) groups is 1. The summed E-state index contributed by atoms with van der Waals surface area (Å²) in [4.78, 5) is 10.3. The number of carboxylic acid groups (broad SMARTS) is 1. The maximum Gasteiger partial charge on any atom is 0.305 e. The molecule has 0 unspecified atom stereocenters. The van der Waals surface area contributed by atoms with Gasteiger partial charge in [-0.15, -0.1) is 0 Å². The van der Waals surface area contributed by atoms with Gasteiger partial charge in [-0.3, -0.25) is 4.79 Å². The smallest absolute Gasteiger partial charge is 0.305 e. The quantitative estimate of drug-likeness (QED) is 0.746. The van der Waals surface area contributed by atoms with E-state index in [2.05, 4.69) is 0 Å². The van der Waals surface area contributed by atoms with E-state index in [4.69, 9.17) is 5.11 Å². The molecule has 0 saturated heterocycles. The lowest BCUT2D eigenvalue weighted by atomic mass is 10.1. The summed E-state index contributed by atoms with van der Waals surface area (Å²) in [5, 5.41) is 17.7. The summed E-state index contributed by atoms with van der Waals surface area (Å²) in [6, 6.07) is 9.72. The highest BCUT2D eigenvalue weighted by molar-refractivity contribution is 5.67. The number of carboxylic acids is 1. The van der Waals surface area contributed by atoms with Gasteiger partial charge in [0.1, 0.15) is 0 Å². The predicted molar refractivity (Wildman–Crippen MR) is 53.0 cm³/mol. The minimum absolute atomic E-state index is 0.174. The van der Waals surface area contributed by atoms with Crippen LogP contribution in [0.15, 0.2) is 30.3 Å². The number of aryl methyl sites for hydroxylation is 1. The van der Waals surface area contributed by atoms with Gasteiger partial charge in [0.05, 0.1) is 12.5 Å². The molecule has 0 saturated carbocycles. The summed E-state index contributed by atoms with van der Waals surface area (Å²) < 4.78 is 0. The zero-order valence-electron chi connectivity index (χ0n) is 7.89. The summed E-state index contributed by atoms with van der Waals surface area (Å²) in [6.07, 6.45) is 0.297. The van der Waals surface area contributed by atoms with Crippen molar-refractivity contribution in [3.63, 3.8) is 0 Å². The summed E-state index contributed by atoms with van der Waals surface area (Å²) in [5.74, 6) is -0.953. The number of aliphatic hydroxyl groups excluding tert-OH is 1. The molecular weight excluding hydrogens is 180 g/mol. The van der Waals surface area contributed by atoms with E-state index in [0.717, 1.165) is 12.0 Å². The fourth-order valence-corrected chi connectivity index (χ4v) is 1.28. The van der Waals surface area contributed by atoms with Crippen LogP contribution < -0.4 is 0 Å². The predicted octanol–water partition coefficient (Wildman–Crippen LogP) is 1.45. The first-order valence-corrected chi connectivity index (χ1v) is 4.62. The Morgan fingerprint density at radius 2 is 1.93 bits per heavy atom. The van der Waals surface area contributed by atoms with E-state index in [1.807, 2.05) is 30.3 Å². The molecule has 0 aromatic heterocycles. The first-order valence-electron chi connectivity index (χ1n) is 4.62. The minimum Gasteiger partial charge on any atom is -0.481 e. The molecule has 3 heteroatoms. The Morgan fingerprint density at radius 1 is 1.29 bits per heavy atom. The molecule has 1 aromatic carbocycles. The van der Waals surface area contributed by atoms with Gasteiger partial charge in [-0.25, -0.2) is 0 Å². The second-order valence-electron chi connectivity index (χ2n) is 3.28. The molecule has 14 heavy (non-hydrogen) atoms. The lowest BCUT2D eigenvalue weighted by Crippen LogP contribution is -2.13. The molecule has 0 aliphatic heterocycles. The van der Waals surface area contributed by atoms with E-state index in [9.17, 15) is 9.90 Å². The number of benzene rings is 1. The van der Waals surface area contributed by atoms with Gasteiger partial charge in [-0.2, -0.15) is 0 Å². The molecule has 2 N–H and O–H groups in total. The van der Waals surface area contributed by atoms with Gasteiger partial charge in [0.2, 0.25) is 0 Å². The van der Waals surface area contributed by atoms with E-state index in [1.54, 1.807) is 0 Å². The largest absolute Gasteiger partial charge is 0.481 e. The van der Waals surface area contributed by atoms with Crippen molar-refractivity contribution in [3.05, 3.63) is 35.9 Å². The summed E-state index contributed by atoms with van der Waals surface area (Å²) in [7, 11) is 0. The van der Waals surface area contributed by atoms with Crippen LogP contribution in [-0.4, -0.2) is 22.3 Å². The zero-order valence-corrected chi connectivity index (χ0v) is 7.89. The van der Waals surface area contributed by atoms with Crippen LogP contribution in [0.2, 0.25) is 0 Å². The number of aliphatic hydroxyl groups is 1. The summed E-state index contributed by atoms with van der Waals surface area (Å²) >= 11 is 0. The van der Waals surface area contributed by atoms with Gasteiger partial charge < -0.3 is 10.2 Å². The van der Waals surface area contributed by atoms with Crippen LogP contribution >= 0.6 is 0 Å². The standard InChI is InChI=1S/C11H14O3/c12-10(8-11(13)14)7-6-9-4-2-1-3-5-9/h1-5,10,12H,6-8H2,(H,13,14)/t10-/m1/s1. The number of hydrogen-bond acceptors (Lipinski definition) is 2. The minimum atomic E-state index is -0.953. The number of hydrogen-bond donors (Lipinski definition) is 2. The Hall–Kier alpha value is -1.35. The first kappa shape index (κ1) is 10.7. The van der Waals surface area contributed by atoms with Crippen molar-refractivity contribution in [1.29, 1.82) is 0 Å². The highest BCUT2D eigenvalue weighted by Gasteiger charge is 2.08. The van der Waals surface area contributed by atoms with Crippen molar-refractivity contribution in [1.82, 2.24) is 0 Å². The van der Waals surface area contributed by atoms with Gasteiger partial charge in [0.25, 0.3) is 0 Å². The molecule has 0 aliphatic rings. The molecule has 0 fully saturated rings. The highest BCUT2D eigenvalue weighted by Crippen LogP contribution is 2.06. The molecular formula is C11H14O3. The van der Waals surface area contributed by atoms with Crippen LogP contribution in [0.3, 0.4) is 0 Å². The molecule has 0 radical (unpaired) electrons. The van der Waals surface area contributed by atoms with E-state index in [0.29, 0.717) is 6.42 Å². The maximum atomic E-state index is 10.3. The van der Waals surface area contributed by atoms with E-state index in [1.165, 1.54) is 0 Å². The van der Waals surface area contributed by atoms with Gasteiger partial charge in [-0.1, -0.05) is 30.3 Å². The average Bonchev–Trinajstić information content (AvgIpc) is 2.15. The second-order valence-corrected chi connectivity index (χ2v) is 3.28. The lowest BCUT2D eigenvalue weighted by Gasteiger charge is -2.07. The SMILES string of the molecule is O=C(O)C[C@H](O)CCc1ccccc1. The maximum absolute atomic E-state index is 10.3. The van der Waals surface area contributed by atoms with E-state index >= 15 is 0 Å². The number of rotatable bonds is 5. The van der Waals surface area contributed by atoms with E-state index < -0.39 is 12.1 Å². The lowest BCUT2D eigenvalue weighted by molar-refractivity contribution is -0.139. The summed E-state index contributed by atoms with van der Waals surface area (Å²) in [5.41, 5.74) is 1.12. The normalized spacial score (nSPS) is 12.4. The fraction of sp³-hybridized carbons (Fsp3) is 0.364. The van der Waals surface area contributed by atoms with Crippen LogP contribution in [-0.2, 0) is 11.2 Å². The van der Waals surface area contributed by atoms with Gasteiger partial charge in [0, 0.05) is 0 Å². The molecule has 0 amide bonds. The van der Waals surface area contributed by atoms with E-state index in [-0.39, 0.29) is 6.42 Å². The van der Waals surface area contributed by atoms with Crippen LogP contribution in [0.5, 0.6) is 0 Å². The Balaban J connectivity index is 2.30. The first-order chi connectivity index (χ1) is 6.68. The van der Waals surface area contributed by atoms with Crippen molar-refractivity contribution >= 4 is 5.97 Å². The molecule has 76 valence electrons. The van der Waals surface area contributed by atoms with Crippen LogP contribution in [0.25, 0.3) is 0 Å². The highest BCUT2D eigenvalue weighted by atomic mass is 16.4. The van der Waals surface area contributed by atoms with Crippen LogP contribution in [0, 0.1) is 0 Å². The summed E-state index contributed by atoms with van der Waals surface area (Å²) in [6.45, 7) is 0. The van der Waals surface area contributed by atoms with Crippen molar-refractivity contribution in [3.8, 4) is 0 Å². The molecule has 0 spiro atoms. The van der Waals surface area contributed by atoms with Gasteiger partial charge in [0.15, 0.2) is 0 Å². The molecule has 1 aromatic rings. The third-order valence-corrected chi connectivity index (χ3v) is 2.02. The molecule has 1 atom stereocenters. The van der Waals surface area contributed by atoms with Gasteiger partial charge in [-0.05, 0) is 18.4 Å². The Bertz CT molecular complexity index is 282. The second kappa shape index (κ2) is 5.40. The molecule has 0 bridgehead atoms. The van der Waals surface area contributed by atoms with Crippen molar-refractivity contribution in [2.45, 2.75) is 25.4 Å². The third kappa shape index (κ3) is 4.05. The monoisotopic (exact) mass is 194 g/mol. The fourth-order valence-electron chi connectivity index (χ4n) is 1.28. The zero-order chi connectivity index (χ0) is 10.4. The van der Waals surface area contributed by atoms with Crippen molar-refractivity contribution in [2.75, 3.05) is 0 Å². The van der Waals surface area contributed by atoms with Crippen LogP contribution in [0.1, 0.15) is 18.4 Å². The Kier molecular flexibility index (Phi) is 4.13. The van der Waals surface area contributed by atoms with Gasteiger partial charge >= 0.3 is 5.97 Å². The topological polar surface area (TPSA) is 57.5 Å². The Labute approximate surface area is 83.0 Å². The van der Waals surface area contributed by atoms with Crippen LogP contribution in [0.4, 0.5) is 0 Å². The molecule has 0 aliphatic carbocycles. The third-order valence-electron chi connectivity index (χ3n) is 2.02. The van der Waals surface area contributed by atoms with Crippen molar-refractivity contribution < 1.29 is 15.0 Å². The molecule has 0 heterocycles. The molecule has 1 rings (SSSR count).